The number of hydrogen-bond acceptors (Lipinski definition) is 2. The zero-order chi connectivity index (χ0) is 13.0. The van der Waals surface area contributed by atoms with Crippen molar-refractivity contribution >= 4 is 6.29 Å². The molecule has 1 unspecified atom stereocenters. The van der Waals surface area contributed by atoms with Crippen molar-refractivity contribution in [3.05, 3.63) is 23.3 Å². The van der Waals surface area contributed by atoms with Gasteiger partial charge in [0.15, 0.2) is 0 Å². The van der Waals surface area contributed by atoms with Crippen molar-refractivity contribution in [1.82, 2.24) is 4.90 Å². The van der Waals surface area contributed by atoms with Crippen molar-refractivity contribution in [1.29, 1.82) is 0 Å². The molecule has 1 atom stereocenters. The summed E-state index contributed by atoms with van der Waals surface area (Å²) in [5, 5.41) is 0. The molecule has 0 aromatic carbocycles. The summed E-state index contributed by atoms with van der Waals surface area (Å²) in [7, 11) is 2.24. The van der Waals surface area contributed by atoms with Gasteiger partial charge in [-0.3, -0.25) is 9.69 Å². The summed E-state index contributed by atoms with van der Waals surface area (Å²) in [6.45, 7) is 2.24. The van der Waals surface area contributed by atoms with Crippen LogP contribution in [0.15, 0.2) is 23.3 Å². The molecule has 0 saturated heterocycles. The number of allylic oxidation sites excluding steroid dienone is 3. The molecule has 18 heavy (non-hydrogen) atoms. The van der Waals surface area contributed by atoms with Gasteiger partial charge < -0.3 is 0 Å². The normalized spacial score (nSPS) is 21.5. The zero-order valence-electron chi connectivity index (χ0n) is 11.7. The first-order chi connectivity index (χ1) is 8.77. The number of rotatable bonds is 7. The predicted molar refractivity (Wildman–Crippen MR) is 75.6 cm³/mol. The van der Waals surface area contributed by atoms with Gasteiger partial charge in [0.2, 0.25) is 0 Å². The van der Waals surface area contributed by atoms with E-state index in [0.29, 0.717) is 6.04 Å². The Labute approximate surface area is 111 Å². The van der Waals surface area contributed by atoms with Crippen LogP contribution in [0.2, 0.25) is 0 Å². The maximum absolute atomic E-state index is 11.2. The number of carbonyl (C=O) groups is 1. The number of unbranched alkanes of at least 4 members (excludes halogenated alkanes) is 1. The summed E-state index contributed by atoms with van der Waals surface area (Å²) in [6.07, 6.45) is 13.7. The first-order valence-electron chi connectivity index (χ1n) is 7.34. The molecule has 2 aliphatic rings. The number of carbonyl (C=O) groups excluding carboxylic acids is 1. The number of hydrogen-bond donors (Lipinski definition) is 0. The minimum atomic E-state index is 0.489. The summed E-state index contributed by atoms with van der Waals surface area (Å²) in [4.78, 5) is 13.8. The van der Waals surface area contributed by atoms with E-state index in [1.165, 1.54) is 37.7 Å². The van der Waals surface area contributed by atoms with Crippen molar-refractivity contribution in [3.8, 4) is 0 Å². The van der Waals surface area contributed by atoms with E-state index in [1.54, 1.807) is 0 Å². The van der Waals surface area contributed by atoms with E-state index in [0.717, 1.165) is 30.7 Å². The fraction of sp³-hybridized carbons (Fsp3) is 0.688. The van der Waals surface area contributed by atoms with Crippen molar-refractivity contribution in [2.24, 2.45) is 0 Å². The largest absolute Gasteiger partial charge is 0.298 e. The summed E-state index contributed by atoms with van der Waals surface area (Å²) in [5.41, 5.74) is 2.32. The third-order valence-electron chi connectivity index (χ3n) is 4.22. The Hall–Kier alpha value is -0.890. The van der Waals surface area contributed by atoms with Crippen LogP contribution in [0.1, 0.15) is 51.9 Å². The highest BCUT2D eigenvalue weighted by atomic mass is 16.1. The SMILES string of the molecule is CCCCC(C1=C(C=O)C=CCC1)N(C)C1CC1. The van der Waals surface area contributed by atoms with Crippen LogP contribution in [-0.4, -0.2) is 30.3 Å². The Morgan fingerprint density at radius 1 is 1.50 bits per heavy atom. The lowest BCUT2D eigenvalue weighted by molar-refractivity contribution is -0.104. The molecule has 0 spiro atoms. The molecule has 1 fully saturated rings. The fourth-order valence-electron chi connectivity index (χ4n) is 2.93. The average Bonchev–Trinajstić information content (AvgIpc) is 3.23. The van der Waals surface area contributed by atoms with Crippen molar-refractivity contribution in [3.63, 3.8) is 0 Å². The Morgan fingerprint density at radius 3 is 2.89 bits per heavy atom. The van der Waals surface area contributed by atoms with Crippen LogP contribution in [0.3, 0.4) is 0 Å². The summed E-state index contributed by atoms with van der Waals surface area (Å²) in [5.74, 6) is 0. The molecule has 0 aromatic rings. The van der Waals surface area contributed by atoms with Crippen molar-refractivity contribution in [2.75, 3.05) is 7.05 Å². The van der Waals surface area contributed by atoms with Gasteiger partial charge in [0.1, 0.15) is 6.29 Å². The number of nitrogens with zero attached hydrogens (tertiary/aromatic N) is 1. The third kappa shape index (κ3) is 3.11. The highest BCUT2D eigenvalue weighted by Gasteiger charge is 2.33. The average molecular weight is 247 g/mol. The van der Waals surface area contributed by atoms with Crippen LogP contribution in [0.5, 0.6) is 0 Å². The van der Waals surface area contributed by atoms with E-state index in [4.69, 9.17) is 0 Å². The molecular formula is C16H25NO. The lowest BCUT2D eigenvalue weighted by Crippen LogP contribution is -2.36. The van der Waals surface area contributed by atoms with Gasteiger partial charge in [0.25, 0.3) is 0 Å². The van der Waals surface area contributed by atoms with Crippen LogP contribution >= 0.6 is 0 Å². The summed E-state index contributed by atoms with van der Waals surface area (Å²) < 4.78 is 0. The fourth-order valence-corrected chi connectivity index (χ4v) is 2.93. The lowest BCUT2D eigenvalue weighted by Gasteiger charge is -2.32. The van der Waals surface area contributed by atoms with Gasteiger partial charge in [-0.05, 0) is 44.7 Å². The highest BCUT2D eigenvalue weighted by molar-refractivity contribution is 5.79. The molecule has 0 radical (unpaired) electrons. The second kappa shape index (κ2) is 6.33. The Morgan fingerprint density at radius 2 is 2.28 bits per heavy atom. The molecule has 0 amide bonds. The minimum Gasteiger partial charge on any atom is -0.298 e. The van der Waals surface area contributed by atoms with Crippen LogP contribution in [0.4, 0.5) is 0 Å². The molecule has 0 bridgehead atoms. The smallest absolute Gasteiger partial charge is 0.150 e. The Kier molecular flexibility index (Phi) is 4.76. The Bertz CT molecular complexity index is 352. The first kappa shape index (κ1) is 13.5. The molecule has 0 aliphatic heterocycles. The second-order valence-electron chi connectivity index (χ2n) is 5.59. The van der Waals surface area contributed by atoms with Gasteiger partial charge in [-0.2, -0.15) is 0 Å². The van der Waals surface area contributed by atoms with E-state index in [2.05, 4.69) is 24.9 Å². The van der Waals surface area contributed by atoms with E-state index >= 15 is 0 Å². The van der Waals surface area contributed by atoms with E-state index in [9.17, 15) is 4.79 Å². The van der Waals surface area contributed by atoms with E-state index in [1.807, 2.05) is 6.08 Å². The van der Waals surface area contributed by atoms with Gasteiger partial charge in [0.05, 0.1) is 0 Å². The van der Waals surface area contributed by atoms with E-state index in [-0.39, 0.29) is 0 Å². The van der Waals surface area contributed by atoms with Gasteiger partial charge >= 0.3 is 0 Å². The maximum Gasteiger partial charge on any atom is 0.150 e. The highest BCUT2D eigenvalue weighted by Crippen LogP contribution is 2.34. The molecule has 1 saturated carbocycles. The minimum absolute atomic E-state index is 0.489. The molecule has 2 nitrogen and oxygen atoms in total. The molecule has 2 rings (SSSR count). The standard InChI is InChI=1S/C16H25NO/c1-3-4-9-16(17(2)14-10-11-14)15-8-6-5-7-13(15)12-18/h5,7,12,14,16H,3-4,6,8-11H2,1-2H3. The number of likely N-dealkylation sites (N-methyl/N-ethyl adjacent to an activating group) is 1. The van der Waals surface area contributed by atoms with Crippen molar-refractivity contribution < 1.29 is 4.79 Å². The first-order valence-corrected chi connectivity index (χ1v) is 7.34. The van der Waals surface area contributed by atoms with Crippen LogP contribution in [0, 0.1) is 0 Å². The maximum atomic E-state index is 11.2. The molecule has 2 aliphatic carbocycles. The predicted octanol–water partition coefficient (Wildman–Crippen LogP) is 3.48. The lowest BCUT2D eigenvalue weighted by atomic mass is 9.88. The second-order valence-corrected chi connectivity index (χ2v) is 5.59. The Balaban J connectivity index is 2.17. The molecule has 0 N–H and O–H groups in total. The molecule has 100 valence electrons. The van der Waals surface area contributed by atoms with E-state index < -0.39 is 0 Å². The van der Waals surface area contributed by atoms with Gasteiger partial charge in [-0.25, -0.2) is 0 Å². The van der Waals surface area contributed by atoms with Gasteiger partial charge in [-0.1, -0.05) is 31.9 Å². The molecule has 2 heteroatoms. The monoisotopic (exact) mass is 247 g/mol. The number of aldehydes is 1. The van der Waals surface area contributed by atoms with Crippen LogP contribution < -0.4 is 0 Å². The summed E-state index contributed by atoms with van der Waals surface area (Å²) in [6, 6.07) is 1.25. The third-order valence-corrected chi connectivity index (χ3v) is 4.22. The van der Waals surface area contributed by atoms with Crippen LogP contribution in [0.25, 0.3) is 0 Å². The zero-order valence-corrected chi connectivity index (χ0v) is 11.7. The quantitative estimate of drug-likeness (QED) is 0.642. The molecule has 0 aromatic heterocycles. The summed E-state index contributed by atoms with van der Waals surface area (Å²) >= 11 is 0. The molecule has 0 heterocycles. The van der Waals surface area contributed by atoms with Gasteiger partial charge in [-0.15, -0.1) is 0 Å². The molecular weight excluding hydrogens is 222 g/mol. The van der Waals surface area contributed by atoms with Gasteiger partial charge in [0, 0.05) is 17.7 Å². The van der Waals surface area contributed by atoms with Crippen molar-refractivity contribution in [2.45, 2.75) is 64.0 Å². The topological polar surface area (TPSA) is 20.3 Å². The van der Waals surface area contributed by atoms with Crippen LogP contribution in [-0.2, 0) is 4.79 Å².